The molecule has 0 unspecified atom stereocenters. The van der Waals surface area contributed by atoms with Gasteiger partial charge in [-0.2, -0.15) is 26.3 Å². The number of aryl methyl sites for hydroxylation is 1. The Morgan fingerprint density at radius 3 is 2.11 bits per heavy atom. The van der Waals surface area contributed by atoms with Gasteiger partial charge in [-0.15, -0.1) is 0 Å². The zero-order valence-corrected chi connectivity index (χ0v) is 20.5. The quantitative estimate of drug-likeness (QED) is 0.414. The molecule has 0 bridgehead atoms. The minimum Gasteiger partial charge on any atom is -0.323 e. The van der Waals surface area contributed by atoms with Crippen molar-refractivity contribution in [3.63, 3.8) is 0 Å². The number of benzene rings is 2. The van der Waals surface area contributed by atoms with Crippen LogP contribution in [-0.4, -0.2) is 53.5 Å². The molecule has 4 nitrogen and oxygen atoms in total. The van der Waals surface area contributed by atoms with Crippen molar-refractivity contribution in [1.29, 1.82) is 0 Å². The summed E-state index contributed by atoms with van der Waals surface area (Å²) < 4.78 is 93.4. The Bertz CT molecular complexity index is 1110. The van der Waals surface area contributed by atoms with E-state index in [9.17, 15) is 35.5 Å². The number of alkyl halides is 6. The van der Waals surface area contributed by atoms with Crippen molar-refractivity contribution in [1.82, 2.24) is 14.7 Å². The van der Waals surface area contributed by atoms with Crippen molar-refractivity contribution < 1.29 is 35.5 Å². The SMILES string of the molecule is Cc1cc(F)ccc1[C@H]1C[C@@H](N2CCC2)CCN1C(=O)N(C)Cc1cc(C(F)(F)F)cc(C(F)(F)F)c1. The van der Waals surface area contributed by atoms with Gasteiger partial charge in [0.25, 0.3) is 0 Å². The first-order valence-corrected chi connectivity index (χ1v) is 12.0. The van der Waals surface area contributed by atoms with Crippen LogP contribution >= 0.6 is 0 Å². The van der Waals surface area contributed by atoms with E-state index in [4.69, 9.17) is 0 Å². The number of carbonyl (C=O) groups excluding carboxylic acids is 1. The summed E-state index contributed by atoms with van der Waals surface area (Å²) >= 11 is 0. The fourth-order valence-corrected chi connectivity index (χ4v) is 5.19. The lowest BCUT2D eigenvalue weighted by molar-refractivity contribution is -0.143. The smallest absolute Gasteiger partial charge is 0.323 e. The van der Waals surface area contributed by atoms with E-state index in [2.05, 4.69) is 4.90 Å². The summed E-state index contributed by atoms with van der Waals surface area (Å²) in [6.45, 7) is 3.60. The Morgan fingerprint density at radius 2 is 1.59 bits per heavy atom. The second-order valence-electron chi connectivity index (χ2n) is 9.83. The molecule has 2 fully saturated rings. The highest BCUT2D eigenvalue weighted by Crippen LogP contribution is 2.38. The highest BCUT2D eigenvalue weighted by atomic mass is 19.4. The number of hydrogen-bond donors (Lipinski definition) is 0. The maximum absolute atomic E-state index is 13.8. The standard InChI is InChI=1S/C26H28F7N3O/c1-16-10-20(27)4-5-22(16)23-14-21(35-7-3-8-35)6-9-36(23)24(37)34(2)15-17-11-18(25(28,29)30)13-19(12-17)26(31,32)33/h4-5,10-13,21,23H,3,6-9,14-15H2,1-2H3/t21-,23+/m0/s1. The Balaban J connectivity index is 1.60. The summed E-state index contributed by atoms with van der Waals surface area (Å²) in [5.74, 6) is -0.406. The Morgan fingerprint density at radius 1 is 0.973 bits per heavy atom. The first-order chi connectivity index (χ1) is 17.2. The number of piperidine rings is 1. The summed E-state index contributed by atoms with van der Waals surface area (Å²) in [4.78, 5) is 18.6. The molecule has 2 aliphatic rings. The maximum atomic E-state index is 13.8. The van der Waals surface area contributed by atoms with Gasteiger partial charge in [0, 0.05) is 26.2 Å². The number of halogens is 7. The molecule has 2 aromatic rings. The van der Waals surface area contributed by atoms with E-state index in [1.54, 1.807) is 17.9 Å². The van der Waals surface area contributed by atoms with Gasteiger partial charge in [0.05, 0.1) is 17.2 Å². The third-order valence-electron chi connectivity index (χ3n) is 7.21. The van der Waals surface area contributed by atoms with Crippen molar-refractivity contribution in [3.8, 4) is 0 Å². The van der Waals surface area contributed by atoms with Gasteiger partial charge in [-0.3, -0.25) is 0 Å². The molecule has 0 spiro atoms. The Labute approximate surface area is 210 Å². The van der Waals surface area contributed by atoms with E-state index in [0.717, 1.165) is 30.0 Å². The first kappa shape index (κ1) is 27.2. The van der Waals surface area contributed by atoms with Crippen LogP contribution in [0, 0.1) is 12.7 Å². The molecule has 0 radical (unpaired) electrons. The van der Waals surface area contributed by atoms with E-state index < -0.39 is 47.9 Å². The van der Waals surface area contributed by atoms with Gasteiger partial charge in [0.1, 0.15) is 5.82 Å². The first-order valence-electron chi connectivity index (χ1n) is 12.0. The van der Waals surface area contributed by atoms with Crippen LogP contribution in [0.3, 0.4) is 0 Å². The second kappa shape index (κ2) is 10.2. The molecule has 37 heavy (non-hydrogen) atoms. The summed E-state index contributed by atoms with van der Waals surface area (Å²) in [7, 11) is 1.35. The molecule has 2 amide bonds. The molecule has 0 N–H and O–H groups in total. The molecule has 2 atom stereocenters. The second-order valence-corrected chi connectivity index (χ2v) is 9.83. The number of likely N-dealkylation sites (tertiary alicyclic amines) is 2. The molecular weight excluding hydrogens is 503 g/mol. The van der Waals surface area contributed by atoms with Gasteiger partial charge in [-0.05, 0) is 86.3 Å². The highest BCUT2D eigenvalue weighted by Gasteiger charge is 2.39. The van der Waals surface area contributed by atoms with Crippen molar-refractivity contribution in [3.05, 3.63) is 70.0 Å². The fourth-order valence-electron chi connectivity index (χ4n) is 5.19. The van der Waals surface area contributed by atoms with Gasteiger partial charge >= 0.3 is 18.4 Å². The zero-order chi connectivity index (χ0) is 27.1. The predicted octanol–water partition coefficient (Wildman–Crippen LogP) is 6.63. The van der Waals surface area contributed by atoms with Crippen LogP contribution in [0.15, 0.2) is 36.4 Å². The van der Waals surface area contributed by atoms with E-state index >= 15 is 0 Å². The molecule has 0 aromatic heterocycles. The summed E-state index contributed by atoms with van der Waals surface area (Å²) in [6.07, 6.45) is -7.55. The molecule has 11 heteroatoms. The zero-order valence-electron chi connectivity index (χ0n) is 20.5. The predicted molar refractivity (Wildman–Crippen MR) is 123 cm³/mol. The van der Waals surface area contributed by atoms with Crippen molar-refractivity contribution in [2.75, 3.05) is 26.7 Å². The van der Waals surface area contributed by atoms with Gasteiger partial charge in [-0.1, -0.05) is 6.07 Å². The third kappa shape index (κ3) is 6.02. The average Bonchev–Trinajstić information content (AvgIpc) is 2.76. The van der Waals surface area contributed by atoms with Crippen LogP contribution in [0.25, 0.3) is 0 Å². The highest BCUT2D eigenvalue weighted by molar-refractivity contribution is 5.75. The fraction of sp³-hybridized carbons (Fsp3) is 0.500. The number of urea groups is 1. The number of nitrogens with zero attached hydrogens (tertiary/aromatic N) is 3. The topological polar surface area (TPSA) is 26.8 Å². The van der Waals surface area contributed by atoms with E-state index in [-0.39, 0.29) is 17.7 Å². The Hall–Kier alpha value is -2.82. The lowest BCUT2D eigenvalue weighted by atomic mass is 9.87. The van der Waals surface area contributed by atoms with Crippen molar-refractivity contribution in [2.45, 2.75) is 57.2 Å². The Kier molecular flexibility index (Phi) is 7.47. The van der Waals surface area contributed by atoms with Gasteiger partial charge in [0.15, 0.2) is 0 Å². The lowest BCUT2D eigenvalue weighted by Crippen LogP contribution is -2.54. The number of hydrogen-bond acceptors (Lipinski definition) is 2. The van der Waals surface area contributed by atoms with Crippen LogP contribution in [-0.2, 0) is 18.9 Å². The van der Waals surface area contributed by atoms with Crippen LogP contribution in [0.4, 0.5) is 35.5 Å². The van der Waals surface area contributed by atoms with Crippen molar-refractivity contribution in [2.24, 2.45) is 0 Å². The molecule has 2 saturated heterocycles. The molecule has 202 valence electrons. The average molecular weight is 532 g/mol. The van der Waals surface area contributed by atoms with Crippen molar-refractivity contribution >= 4 is 6.03 Å². The summed E-state index contributed by atoms with van der Waals surface area (Å²) in [5, 5.41) is 0. The molecule has 2 heterocycles. The van der Waals surface area contributed by atoms with Gasteiger partial charge in [0.2, 0.25) is 0 Å². The molecule has 2 aromatic carbocycles. The van der Waals surface area contributed by atoms with E-state index in [1.807, 2.05) is 0 Å². The number of amides is 2. The molecule has 0 aliphatic carbocycles. The monoisotopic (exact) mass is 531 g/mol. The summed E-state index contributed by atoms with van der Waals surface area (Å²) in [6, 6.07) is 5.00. The molecule has 0 saturated carbocycles. The lowest BCUT2D eigenvalue weighted by Gasteiger charge is -2.47. The van der Waals surface area contributed by atoms with Crippen LogP contribution < -0.4 is 0 Å². The van der Waals surface area contributed by atoms with Crippen LogP contribution in [0.2, 0.25) is 0 Å². The van der Waals surface area contributed by atoms with E-state index in [1.165, 1.54) is 19.2 Å². The summed E-state index contributed by atoms with van der Waals surface area (Å²) in [5.41, 5.74) is -1.68. The van der Waals surface area contributed by atoms with Gasteiger partial charge in [-0.25, -0.2) is 9.18 Å². The number of carbonyl (C=O) groups is 1. The molecule has 2 aliphatic heterocycles. The normalized spacial score (nSPS) is 21.1. The van der Waals surface area contributed by atoms with E-state index in [0.29, 0.717) is 37.1 Å². The third-order valence-corrected chi connectivity index (χ3v) is 7.21. The van der Waals surface area contributed by atoms with Crippen LogP contribution in [0.5, 0.6) is 0 Å². The minimum atomic E-state index is -4.97. The number of rotatable bonds is 4. The largest absolute Gasteiger partial charge is 0.416 e. The van der Waals surface area contributed by atoms with Crippen LogP contribution in [0.1, 0.15) is 53.1 Å². The van der Waals surface area contributed by atoms with Gasteiger partial charge < -0.3 is 14.7 Å². The molecule has 4 rings (SSSR count). The minimum absolute atomic E-state index is 0.0687. The molecular formula is C26H28F7N3O. The maximum Gasteiger partial charge on any atom is 0.416 e.